The van der Waals surface area contributed by atoms with Crippen molar-refractivity contribution in [3.05, 3.63) is 45.3 Å². The summed E-state index contributed by atoms with van der Waals surface area (Å²) < 4.78 is 66.8. The zero-order valence-corrected chi connectivity index (χ0v) is 22.9. The van der Waals surface area contributed by atoms with E-state index in [4.69, 9.17) is 9.47 Å². The quantitative estimate of drug-likeness (QED) is 0.456. The van der Waals surface area contributed by atoms with Crippen molar-refractivity contribution in [2.75, 3.05) is 53.5 Å². The average molecular weight is 627 g/mol. The Balaban J connectivity index is 1.54. The number of methoxy groups -OCH3 is 2. The highest BCUT2D eigenvalue weighted by Gasteiger charge is 2.29. The Kier molecular flexibility index (Phi) is 8.81. The molecule has 0 atom stereocenters. The summed E-state index contributed by atoms with van der Waals surface area (Å²) >= 11 is 6.63. The Morgan fingerprint density at radius 2 is 1.36 bits per heavy atom. The Hall–Kier alpha value is -1.22. The number of nitrogens with zero attached hydrogens (tertiary/aromatic N) is 2. The van der Waals surface area contributed by atoms with Gasteiger partial charge in [-0.3, -0.25) is 4.90 Å². The summed E-state index contributed by atoms with van der Waals surface area (Å²) in [6.45, 7) is 2.31. The second-order valence-electron chi connectivity index (χ2n) is 7.24. The highest BCUT2D eigenvalue weighted by atomic mass is 79.9. The van der Waals surface area contributed by atoms with E-state index in [0.29, 0.717) is 53.2 Å². The monoisotopic (exact) mass is 625 g/mol. The zero-order chi connectivity index (χ0) is 24.2. The van der Waals surface area contributed by atoms with Crippen LogP contribution in [0.25, 0.3) is 0 Å². The molecular formula is C20H25Br2N3O6S2. The minimum atomic E-state index is -3.69. The topological polar surface area (TPSA) is 105 Å². The van der Waals surface area contributed by atoms with Crippen LogP contribution in [-0.4, -0.2) is 79.5 Å². The van der Waals surface area contributed by atoms with Gasteiger partial charge in [-0.25, -0.2) is 21.6 Å². The van der Waals surface area contributed by atoms with E-state index in [-0.39, 0.29) is 16.3 Å². The largest absolute Gasteiger partial charge is 0.496 e. The predicted octanol–water partition coefficient (Wildman–Crippen LogP) is 2.51. The van der Waals surface area contributed by atoms with Gasteiger partial charge in [-0.2, -0.15) is 4.31 Å². The molecular weight excluding hydrogens is 602 g/mol. The van der Waals surface area contributed by atoms with Gasteiger partial charge >= 0.3 is 0 Å². The number of piperazine rings is 1. The van der Waals surface area contributed by atoms with Crippen LogP contribution in [0.1, 0.15) is 0 Å². The summed E-state index contributed by atoms with van der Waals surface area (Å²) in [7, 11) is -4.38. The normalized spacial score (nSPS) is 16.0. The number of sulfonamides is 2. The van der Waals surface area contributed by atoms with Crippen LogP contribution in [0.5, 0.6) is 11.5 Å². The standard InChI is InChI=1S/C20H25Br2N3O6S2/c1-30-19-13-15(3-5-17(19)21)32(26,27)23-7-8-24-9-11-25(12-10-24)33(28,29)16-4-6-18(22)20(14-16)31-2/h3-6,13-14,23H,7-12H2,1-2H3. The lowest BCUT2D eigenvalue weighted by molar-refractivity contribution is 0.191. The zero-order valence-electron chi connectivity index (χ0n) is 18.1. The lowest BCUT2D eigenvalue weighted by atomic mass is 10.3. The first-order valence-corrected chi connectivity index (χ1v) is 14.5. The molecule has 0 amide bonds. The second kappa shape index (κ2) is 11.0. The number of halogens is 2. The maximum Gasteiger partial charge on any atom is 0.243 e. The number of ether oxygens (including phenoxy) is 2. The van der Waals surface area contributed by atoms with Gasteiger partial charge in [0.25, 0.3) is 0 Å². The van der Waals surface area contributed by atoms with Crippen molar-refractivity contribution in [3.63, 3.8) is 0 Å². The average Bonchev–Trinajstić information content (AvgIpc) is 2.79. The second-order valence-corrected chi connectivity index (χ2v) is 12.6. The van der Waals surface area contributed by atoms with Crippen LogP contribution in [0.3, 0.4) is 0 Å². The van der Waals surface area contributed by atoms with E-state index in [1.165, 1.54) is 36.7 Å². The molecule has 0 aliphatic carbocycles. The molecule has 0 bridgehead atoms. The van der Waals surface area contributed by atoms with Crippen LogP contribution in [0.4, 0.5) is 0 Å². The van der Waals surface area contributed by atoms with Crippen molar-refractivity contribution in [1.82, 2.24) is 13.9 Å². The third kappa shape index (κ3) is 6.27. The summed E-state index contributed by atoms with van der Waals surface area (Å²) in [5.74, 6) is 0.879. The fourth-order valence-electron chi connectivity index (χ4n) is 3.37. The van der Waals surface area contributed by atoms with Gasteiger partial charge in [0.15, 0.2) is 0 Å². The van der Waals surface area contributed by atoms with Gasteiger partial charge in [0.1, 0.15) is 11.5 Å². The van der Waals surface area contributed by atoms with Gasteiger partial charge in [-0.1, -0.05) is 0 Å². The maximum absolute atomic E-state index is 13.0. The molecule has 2 aromatic carbocycles. The van der Waals surface area contributed by atoms with Crippen LogP contribution in [-0.2, 0) is 20.0 Å². The number of hydrogen-bond acceptors (Lipinski definition) is 7. The summed E-state index contributed by atoms with van der Waals surface area (Å²) in [4.78, 5) is 2.32. The molecule has 2 aromatic rings. The van der Waals surface area contributed by atoms with Crippen molar-refractivity contribution in [3.8, 4) is 11.5 Å². The Morgan fingerprint density at radius 3 is 1.91 bits per heavy atom. The molecule has 182 valence electrons. The van der Waals surface area contributed by atoms with Gasteiger partial charge in [0.05, 0.1) is 33.0 Å². The Labute approximate surface area is 211 Å². The van der Waals surface area contributed by atoms with E-state index in [9.17, 15) is 16.8 Å². The highest BCUT2D eigenvalue weighted by molar-refractivity contribution is 9.10. The number of rotatable bonds is 9. The molecule has 1 fully saturated rings. The van der Waals surface area contributed by atoms with Gasteiger partial charge in [-0.05, 0) is 56.1 Å². The summed E-state index contributed by atoms with van der Waals surface area (Å²) in [6.07, 6.45) is 0. The predicted molar refractivity (Wildman–Crippen MR) is 132 cm³/mol. The third-order valence-electron chi connectivity index (χ3n) is 5.24. The first-order chi connectivity index (χ1) is 15.6. The molecule has 9 nitrogen and oxygen atoms in total. The SMILES string of the molecule is COc1cc(S(=O)(=O)NCCN2CCN(S(=O)(=O)c3ccc(Br)c(OC)c3)CC2)ccc1Br. The minimum Gasteiger partial charge on any atom is -0.496 e. The smallest absolute Gasteiger partial charge is 0.243 e. The van der Waals surface area contributed by atoms with E-state index >= 15 is 0 Å². The van der Waals surface area contributed by atoms with Crippen LogP contribution in [0.2, 0.25) is 0 Å². The van der Waals surface area contributed by atoms with Crippen LogP contribution in [0, 0.1) is 0 Å². The molecule has 1 N–H and O–H groups in total. The molecule has 1 aliphatic heterocycles. The number of benzene rings is 2. The Morgan fingerprint density at radius 1 is 0.848 bits per heavy atom. The van der Waals surface area contributed by atoms with Crippen molar-refractivity contribution >= 4 is 51.9 Å². The first kappa shape index (κ1) is 26.4. The fourth-order valence-corrected chi connectivity index (χ4v) is 6.66. The van der Waals surface area contributed by atoms with Gasteiger partial charge in [0, 0.05) is 51.4 Å². The summed E-state index contributed by atoms with van der Waals surface area (Å²) in [6, 6.07) is 9.25. The van der Waals surface area contributed by atoms with Gasteiger partial charge in [-0.15, -0.1) is 0 Å². The van der Waals surface area contributed by atoms with Crippen molar-refractivity contribution < 1.29 is 26.3 Å². The molecule has 1 heterocycles. The lowest BCUT2D eigenvalue weighted by Crippen LogP contribution is -2.50. The first-order valence-electron chi connectivity index (χ1n) is 9.98. The van der Waals surface area contributed by atoms with Crippen molar-refractivity contribution in [2.24, 2.45) is 0 Å². The van der Waals surface area contributed by atoms with E-state index in [2.05, 4.69) is 36.6 Å². The van der Waals surface area contributed by atoms with E-state index in [1.54, 1.807) is 18.2 Å². The van der Waals surface area contributed by atoms with E-state index in [0.717, 1.165) is 0 Å². The lowest BCUT2D eigenvalue weighted by Gasteiger charge is -2.34. The molecule has 13 heteroatoms. The van der Waals surface area contributed by atoms with Crippen molar-refractivity contribution in [2.45, 2.75) is 9.79 Å². The number of hydrogen-bond donors (Lipinski definition) is 1. The van der Waals surface area contributed by atoms with Gasteiger partial charge in [0.2, 0.25) is 20.0 Å². The molecule has 0 aromatic heterocycles. The van der Waals surface area contributed by atoms with Crippen LogP contribution in [0.15, 0.2) is 55.1 Å². The van der Waals surface area contributed by atoms with Crippen LogP contribution < -0.4 is 14.2 Å². The maximum atomic E-state index is 13.0. The summed E-state index contributed by atoms with van der Waals surface area (Å²) in [5, 5.41) is 0. The van der Waals surface area contributed by atoms with E-state index < -0.39 is 20.0 Å². The molecule has 0 saturated carbocycles. The third-order valence-corrected chi connectivity index (χ3v) is 9.91. The summed E-state index contributed by atoms with van der Waals surface area (Å²) in [5.41, 5.74) is 0. The molecule has 1 saturated heterocycles. The van der Waals surface area contributed by atoms with Crippen LogP contribution >= 0.6 is 31.9 Å². The molecule has 33 heavy (non-hydrogen) atoms. The van der Waals surface area contributed by atoms with Crippen molar-refractivity contribution in [1.29, 1.82) is 0 Å². The highest BCUT2D eigenvalue weighted by Crippen LogP contribution is 2.29. The molecule has 0 radical (unpaired) electrons. The molecule has 3 rings (SSSR count). The minimum absolute atomic E-state index is 0.114. The Bertz CT molecular complexity index is 1200. The molecule has 1 aliphatic rings. The van der Waals surface area contributed by atoms with E-state index in [1.807, 2.05) is 4.90 Å². The number of nitrogens with one attached hydrogen (secondary N) is 1. The molecule has 0 unspecified atom stereocenters. The molecule has 0 spiro atoms. The fraction of sp³-hybridized carbons (Fsp3) is 0.400. The van der Waals surface area contributed by atoms with Gasteiger partial charge < -0.3 is 9.47 Å².